The standard InChI is InChI=1S/C16H34/c1-9-14(16(6,7)8)11-10-13(2)12-15(3,4)5/h13-14H,9-12H2,1-8H3. The molecule has 16 heavy (non-hydrogen) atoms. The monoisotopic (exact) mass is 226 g/mol. The molecular formula is C16H34. The molecular weight excluding hydrogens is 192 g/mol. The van der Waals surface area contributed by atoms with Gasteiger partial charge in [-0.25, -0.2) is 0 Å². The molecule has 98 valence electrons. The first-order valence-corrected chi connectivity index (χ1v) is 7.06. The van der Waals surface area contributed by atoms with Crippen molar-refractivity contribution in [2.24, 2.45) is 22.7 Å². The van der Waals surface area contributed by atoms with E-state index in [-0.39, 0.29) is 0 Å². The summed E-state index contributed by atoms with van der Waals surface area (Å²) < 4.78 is 0. The lowest BCUT2D eigenvalue weighted by Crippen LogP contribution is -2.21. The van der Waals surface area contributed by atoms with Gasteiger partial charge in [-0.3, -0.25) is 0 Å². The van der Waals surface area contributed by atoms with Crippen LogP contribution in [0, 0.1) is 22.7 Å². The molecule has 0 aliphatic rings. The first-order valence-electron chi connectivity index (χ1n) is 7.06. The highest BCUT2D eigenvalue weighted by atomic mass is 14.3. The van der Waals surface area contributed by atoms with E-state index in [4.69, 9.17) is 0 Å². The van der Waals surface area contributed by atoms with Crippen LogP contribution in [-0.2, 0) is 0 Å². The van der Waals surface area contributed by atoms with Gasteiger partial charge in [0.05, 0.1) is 0 Å². The summed E-state index contributed by atoms with van der Waals surface area (Å²) in [5.74, 6) is 1.76. The van der Waals surface area contributed by atoms with Crippen LogP contribution in [0.5, 0.6) is 0 Å². The van der Waals surface area contributed by atoms with Crippen LogP contribution in [0.1, 0.15) is 81.1 Å². The number of hydrogen-bond acceptors (Lipinski definition) is 0. The fourth-order valence-electron chi connectivity index (χ4n) is 2.88. The molecule has 0 aromatic rings. The second-order valence-corrected chi connectivity index (χ2v) is 7.92. The van der Waals surface area contributed by atoms with E-state index in [2.05, 4.69) is 55.4 Å². The minimum absolute atomic E-state index is 0.482. The predicted octanol–water partition coefficient (Wildman–Crippen LogP) is 5.91. The number of rotatable bonds is 5. The van der Waals surface area contributed by atoms with Crippen molar-refractivity contribution < 1.29 is 0 Å². The van der Waals surface area contributed by atoms with Crippen molar-refractivity contribution in [3.63, 3.8) is 0 Å². The minimum Gasteiger partial charge on any atom is -0.0651 e. The maximum atomic E-state index is 2.42. The third kappa shape index (κ3) is 7.30. The molecule has 0 N–H and O–H groups in total. The molecule has 0 amide bonds. The van der Waals surface area contributed by atoms with Gasteiger partial charge in [0.25, 0.3) is 0 Å². The molecule has 0 bridgehead atoms. The Morgan fingerprint density at radius 1 is 0.875 bits per heavy atom. The van der Waals surface area contributed by atoms with Gasteiger partial charge in [-0.2, -0.15) is 0 Å². The summed E-state index contributed by atoms with van der Waals surface area (Å²) in [4.78, 5) is 0. The highest BCUT2D eigenvalue weighted by molar-refractivity contribution is 4.75. The molecule has 0 heterocycles. The minimum atomic E-state index is 0.482. The lowest BCUT2D eigenvalue weighted by Gasteiger charge is -2.31. The molecule has 0 saturated carbocycles. The summed E-state index contributed by atoms with van der Waals surface area (Å²) in [5, 5.41) is 0. The van der Waals surface area contributed by atoms with Crippen molar-refractivity contribution in [2.45, 2.75) is 81.1 Å². The van der Waals surface area contributed by atoms with Crippen molar-refractivity contribution in [2.75, 3.05) is 0 Å². The molecule has 0 spiro atoms. The summed E-state index contributed by atoms with van der Waals surface area (Å²) >= 11 is 0. The second-order valence-electron chi connectivity index (χ2n) is 7.92. The van der Waals surface area contributed by atoms with Gasteiger partial charge in [-0.05, 0) is 35.5 Å². The van der Waals surface area contributed by atoms with Gasteiger partial charge >= 0.3 is 0 Å². The Hall–Kier alpha value is 0. The summed E-state index contributed by atoms with van der Waals surface area (Å²) in [6.07, 6.45) is 5.48. The van der Waals surface area contributed by atoms with Gasteiger partial charge < -0.3 is 0 Å². The Balaban J connectivity index is 4.03. The van der Waals surface area contributed by atoms with Gasteiger partial charge in [0.15, 0.2) is 0 Å². The van der Waals surface area contributed by atoms with Crippen LogP contribution in [0.3, 0.4) is 0 Å². The molecule has 2 unspecified atom stereocenters. The average Bonchev–Trinajstić information content (AvgIpc) is 1.98. The zero-order chi connectivity index (χ0) is 13.0. The second kappa shape index (κ2) is 6.07. The van der Waals surface area contributed by atoms with Crippen LogP contribution in [0.4, 0.5) is 0 Å². The SMILES string of the molecule is CCC(CCC(C)CC(C)(C)C)C(C)(C)C. The first-order chi connectivity index (χ1) is 7.06. The molecule has 0 aliphatic heterocycles. The zero-order valence-electron chi connectivity index (χ0n) is 13.0. The van der Waals surface area contributed by atoms with Crippen LogP contribution in [0.15, 0.2) is 0 Å². The van der Waals surface area contributed by atoms with Crippen molar-refractivity contribution in [1.29, 1.82) is 0 Å². The summed E-state index contributed by atoms with van der Waals surface area (Å²) in [5.41, 5.74) is 0.971. The lowest BCUT2D eigenvalue weighted by molar-refractivity contribution is 0.194. The van der Waals surface area contributed by atoms with E-state index in [0.29, 0.717) is 10.8 Å². The maximum Gasteiger partial charge on any atom is -0.0354 e. The first kappa shape index (κ1) is 16.0. The van der Waals surface area contributed by atoms with Gasteiger partial charge in [0.2, 0.25) is 0 Å². The molecule has 0 nitrogen and oxygen atoms in total. The van der Waals surface area contributed by atoms with Gasteiger partial charge in [0, 0.05) is 0 Å². The van der Waals surface area contributed by atoms with E-state index in [9.17, 15) is 0 Å². The van der Waals surface area contributed by atoms with E-state index in [1.165, 1.54) is 25.7 Å². The van der Waals surface area contributed by atoms with Gasteiger partial charge in [0.1, 0.15) is 0 Å². The third-order valence-corrected chi connectivity index (χ3v) is 3.69. The zero-order valence-corrected chi connectivity index (χ0v) is 13.0. The van der Waals surface area contributed by atoms with Gasteiger partial charge in [-0.15, -0.1) is 0 Å². The Morgan fingerprint density at radius 3 is 1.69 bits per heavy atom. The summed E-state index contributed by atoms with van der Waals surface area (Å²) in [6.45, 7) is 19.0. The lowest BCUT2D eigenvalue weighted by atomic mass is 9.74. The summed E-state index contributed by atoms with van der Waals surface area (Å²) in [6, 6.07) is 0. The molecule has 0 fully saturated rings. The van der Waals surface area contributed by atoms with E-state index in [0.717, 1.165) is 11.8 Å². The molecule has 0 aliphatic carbocycles. The Labute approximate surface area is 104 Å². The molecule has 0 aromatic heterocycles. The van der Waals surface area contributed by atoms with Crippen molar-refractivity contribution >= 4 is 0 Å². The van der Waals surface area contributed by atoms with E-state index in [1.54, 1.807) is 0 Å². The normalized spacial score (nSPS) is 17.2. The molecule has 0 radical (unpaired) electrons. The van der Waals surface area contributed by atoms with Crippen molar-refractivity contribution in [3.05, 3.63) is 0 Å². The predicted molar refractivity (Wildman–Crippen MR) is 75.7 cm³/mol. The fourth-order valence-corrected chi connectivity index (χ4v) is 2.88. The highest BCUT2D eigenvalue weighted by Crippen LogP contribution is 2.35. The van der Waals surface area contributed by atoms with Gasteiger partial charge in [-0.1, -0.05) is 68.2 Å². The summed E-state index contributed by atoms with van der Waals surface area (Å²) in [7, 11) is 0. The topological polar surface area (TPSA) is 0 Å². The largest absolute Gasteiger partial charge is 0.0651 e. The molecule has 0 aromatic carbocycles. The number of hydrogen-bond donors (Lipinski definition) is 0. The Kier molecular flexibility index (Phi) is 6.07. The van der Waals surface area contributed by atoms with E-state index >= 15 is 0 Å². The van der Waals surface area contributed by atoms with E-state index in [1.807, 2.05) is 0 Å². The van der Waals surface area contributed by atoms with Crippen LogP contribution < -0.4 is 0 Å². The Morgan fingerprint density at radius 2 is 1.38 bits per heavy atom. The molecule has 0 saturated heterocycles. The third-order valence-electron chi connectivity index (χ3n) is 3.69. The average molecular weight is 226 g/mol. The van der Waals surface area contributed by atoms with E-state index < -0.39 is 0 Å². The van der Waals surface area contributed by atoms with Crippen molar-refractivity contribution in [3.8, 4) is 0 Å². The Bertz CT molecular complexity index is 177. The van der Waals surface area contributed by atoms with Crippen LogP contribution in [0.2, 0.25) is 0 Å². The fraction of sp³-hybridized carbons (Fsp3) is 1.00. The van der Waals surface area contributed by atoms with Crippen LogP contribution in [-0.4, -0.2) is 0 Å². The maximum absolute atomic E-state index is 2.42. The van der Waals surface area contributed by atoms with Crippen molar-refractivity contribution in [1.82, 2.24) is 0 Å². The highest BCUT2D eigenvalue weighted by Gasteiger charge is 2.24. The molecule has 0 rings (SSSR count). The molecule has 2 atom stereocenters. The smallest absolute Gasteiger partial charge is 0.0354 e. The van der Waals surface area contributed by atoms with Crippen LogP contribution >= 0.6 is 0 Å². The van der Waals surface area contributed by atoms with Crippen LogP contribution in [0.25, 0.3) is 0 Å². The quantitative estimate of drug-likeness (QED) is 0.546. The molecule has 0 heteroatoms.